The van der Waals surface area contributed by atoms with E-state index in [0.717, 1.165) is 12.8 Å². The van der Waals surface area contributed by atoms with Gasteiger partial charge in [-0.1, -0.05) is 13.0 Å². The molecule has 112 valence electrons. The summed E-state index contributed by atoms with van der Waals surface area (Å²) in [6.45, 7) is 3.25. The molecular weight excluding hydrogens is 272 g/mol. The van der Waals surface area contributed by atoms with E-state index < -0.39 is 5.97 Å². The highest BCUT2D eigenvalue weighted by atomic mass is 16.5. The van der Waals surface area contributed by atoms with Crippen LogP contribution in [0.3, 0.4) is 0 Å². The van der Waals surface area contributed by atoms with Gasteiger partial charge in [-0.2, -0.15) is 0 Å². The zero-order valence-corrected chi connectivity index (χ0v) is 11.8. The monoisotopic (exact) mass is 290 g/mol. The maximum absolute atomic E-state index is 12.2. The first-order valence-corrected chi connectivity index (χ1v) is 7.18. The van der Waals surface area contributed by atoms with Crippen molar-refractivity contribution in [1.82, 2.24) is 9.55 Å². The Bertz CT molecular complexity index is 731. The van der Waals surface area contributed by atoms with Crippen LogP contribution in [0.4, 0.5) is 0 Å². The number of nitrogens with zero attached hydrogens (tertiary/aromatic N) is 1. The summed E-state index contributed by atoms with van der Waals surface area (Å²) in [7, 11) is 0. The van der Waals surface area contributed by atoms with Gasteiger partial charge in [0.25, 0.3) is 0 Å². The molecule has 2 aromatic rings. The average Bonchev–Trinajstić information content (AvgIpc) is 3.03. The van der Waals surface area contributed by atoms with E-state index in [2.05, 4.69) is 11.9 Å². The van der Waals surface area contributed by atoms with Gasteiger partial charge in [-0.3, -0.25) is 4.57 Å². The summed E-state index contributed by atoms with van der Waals surface area (Å²) in [5.74, 6) is -0.781. The Morgan fingerprint density at radius 3 is 3.05 bits per heavy atom. The number of para-hydroxylation sites is 1. The molecule has 6 heteroatoms. The highest BCUT2D eigenvalue weighted by Gasteiger charge is 2.28. The molecule has 1 aromatic carbocycles. The lowest BCUT2D eigenvalue weighted by Gasteiger charge is -2.17. The van der Waals surface area contributed by atoms with E-state index in [1.807, 2.05) is 0 Å². The maximum atomic E-state index is 12.2. The second-order valence-corrected chi connectivity index (χ2v) is 5.41. The van der Waals surface area contributed by atoms with E-state index in [0.29, 0.717) is 24.2 Å². The fourth-order valence-electron chi connectivity index (χ4n) is 3.15. The third kappa shape index (κ3) is 2.35. The van der Waals surface area contributed by atoms with Crippen LogP contribution in [-0.4, -0.2) is 33.3 Å². The topological polar surface area (TPSA) is 84.3 Å². The summed E-state index contributed by atoms with van der Waals surface area (Å²) >= 11 is 0. The zero-order chi connectivity index (χ0) is 15.0. The molecule has 2 heterocycles. The van der Waals surface area contributed by atoms with E-state index in [9.17, 15) is 14.7 Å². The summed E-state index contributed by atoms with van der Waals surface area (Å²) in [5.41, 5.74) is 0.918. The molecule has 1 aliphatic heterocycles. The Morgan fingerprint density at radius 1 is 1.52 bits per heavy atom. The van der Waals surface area contributed by atoms with E-state index >= 15 is 0 Å². The van der Waals surface area contributed by atoms with Crippen LogP contribution in [0.25, 0.3) is 11.0 Å². The lowest BCUT2D eigenvalue weighted by atomic mass is 9.99. The molecule has 3 rings (SSSR count). The van der Waals surface area contributed by atoms with Crippen LogP contribution < -0.4 is 5.69 Å². The molecule has 1 saturated heterocycles. The molecule has 0 aliphatic carbocycles. The van der Waals surface area contributed by atoms with Crippen molar-refractivity contribution in [2.24, 2.45) is 5.92 Å². The van der Waals surface area contributed by atoms with Crippen molar-refractivity contribution in [1.29, 1.82) is 0 Å². The molecule has 2 N–H and O–H groups in total. The molecule has 0 amide bonds. The normalized spacial score (nSPS) is 22.0. The van der Waals surface area contributed by atoms with Crippen LogP contribution in [0, 0.1) is 5.92 Å². The number of imidazole rings is 1. The van der Waals surface area contributed by atoms with Gasteiger partial charge in [0.1, 0.15) is 0 Å². The number of aromatic amines is 1. The molecule has 0 bridgehead atoms. The van der Waals surface area contributed by atoms with E-state index in [1.165, 1.54) is 6.07 Å². The van der Waals surface area contributed by atoms with Crippen molar-refractivity contribution in [3.05, 3.63) is 34.2 Å². The van der Waals surface area contributed by atoms with Gasteiger partial charge in [0, 0.05) is 19.1 Å². The van der Waals surface area contributed by atoms with Crippen LogP contribution in [0.15, 0.2) is 23.0 Å². The Balaban J connectivity index is 2.07. The first-order chi connectivity index (χ1) is 10.1. The first kappa shape index (κ1) is 13.9. The minimum Gasteiger partial charge on any atom is -0.478 e. The molecule has 0 saturated carbocycles. The molecule has 21 heavy (non-hydrogen) atoms. The molecule has 0 spiro atoms. The Kier molecular flexibility index (Phi) is 3.55. The summed E-state index contributed by atoms with van der Waals surface area (Å²) in [6, 6.07) is 4.89. The molecule has 6 nitrogen and oxygen atoms in total. The van der Waals surface area contributed by atoms with Crippen molar-refractivity contribution in [3.8, 4) is 0 Å². The number of nitrogens with one attached hydrogen (secondary N) is 1. The summed E-state index contributed by atoms with van der Waals surface area (Å²) < 4.78 is 7.19. The highest BCUT2D eigenvalue weighted by molar-refractivity contribution is 6.01. The maximum Gasteiger partial charge on any atom is 0.337 e. The summed E-state index contributed by atoms with van der Waals surface area (Å²) in [6.07, 6.45) is 1.93. The van der Waals surface area contributed by atoms with Crippen LogP contribution in [0.1, 0.15) is 30.1 Å². The highest BCUT2D eigenvalue weighted by Crippen LogP contribution is 2.26. The smallest absolute Gasteiger partial charge is 0.337 e. The second-order valence-electron chi connectivity index (χ2n) is 5.41. The average molecular weight is 290 g/mol. The van der Waals surface area contributed by atoms with Gasteiger partial charge in [0.15, 0.2) is 0 Å². The number of rotatable bonds is 4. The van der Waals surface area contributed by atoms with Gasteiger partial charge in [0.05, 0.1) is 22.7 Å². The van der Waals surface area contributed by atoms with Crippen molar-refractivity contribution >= 4 is 17.0 Å². The second kappa shape index (κ2) is 5.37. The van der Waals surface area contributed by atoms with E-state index in [-0.39, 0.29) is 23.3 Å². The lowest BCUT2D eigenvalue weighted by molar-refractivity contribution is 0.0698. The van der Waals surface area contributed by atoms with Crippen molar-refractivity contribution < 1.29 is 14.6 Å². The fourth-order valence-corrected chi connectivity index (χ4v) is 3.15. The molecular formula is C15H18N2O4. The zero-order valence-electron chi connectivity index (χ0n) is 11.8. The number of carboxylic acid groups (broad SMARTS) is 1. The molecule has 2 atom stereocenters. The molecule has 2 unspecified atom stereocenters. The van der Waals surface area contributed by atoms with E-state index in [1.54, 1.807) is 16.7 Å². The summed E-state index contributed by atoms with van der Waals surface area (Å²) in [4.78, 5) is 26.3. The van der Waals surface area contributed by atoms with E-state index in [4.69, 9.17) is 4.74 Å². The predicted octanol–water partition coefficient (Wildman–Crippen LogP) is 1.84. The fraction of sp³-hybridized carbons (Fsp3) is 0.467. The van der Waals surface area contributed by atoms with Gasteiger partial charge in [-0.25, -0.2) is 9.59 Å². The van der Waals surface area contributed by atoms with Gasteiger partial charge < -0.3 is 14.8 Å². The predicted molar refractivity (Wildman–Crippen MR) is 77.7 cm³/mol. The number of carboxylic acids is 1. The number of ether oxygens (including phenoxy) is 1. The quantitative estimate of drug-likeness (QED) is 0.900. The third-order valence-electron chi connectivity index (χ3n) is 4.19. The number of aromatic carboxylic acids is 1. The van der Waals surface area contributed by atoms with Crippen molar-refractivity contribution in [2.75, 3.05) is 6.61 Å². The van der Waals surface area contributed by atoms with Crippen LogP contribution in [0.5, 0.6) is 0 Å². The van der Waals surface area contributed by atoms with Crippen molar-refractivity contribution in [2.45, 2.75) is 32.4 Å². The summed E-state index contributed by atoms with van der Waals surface area (Å²) in [5, 5.41) is 9.32. The number of aromatic nitrogens is 2. The van der Waals surface area contributed by atoms with Gasteiger partial charge in [-0.15, -0.1) is 0 Å². The van der Waals surface area contributed by atoms with Crippen LogP contribution in [-0.2, 0) is 11.3 Å². The van der Waals surface area contributed by atoms with Gasteiger partial charge >= 0.3 is 11.7 Å². The molecule has 1 fully saturated rings. The Labute approximate surface area is 121 Å². The van der Waals surface area contributed by atoms with Gasteiger partial charge in [-0.05, 0) is 25.0 Å². The standard InChI is InChI=1S/C15H18N2O4/c1-2-12-9(6-7-21-12)8-17-13-10(14(18)19)4-3-5-11(13)16-15(17)20/h3-5,9,12H,2,6-8H2,1H3,(H,16,20)(H,18,19). The minimum absolute atomic E-state index is 0.138. The Morgan fingerprint density at radius 2 is 2.33 bits per heavy atom. The van der Waals surface area contributed by atoms with Crippen LogP contribution >= 0.6 is 0 Å². The number of fused-ring (bicyclic) bond motifs is 1. The minimum atomic E-state index is -1.02. The van der Waals surface area contributed by atoms with Gasteiger partial charge in [0.2, 0.25) is 0 Å². The largest absolute Gasteiger partial charge is 0.478 e. The first-order valence-electron chi connectivity index (χ1n) is 7.18. The lowest BCUT2D eigenvalue weighted by Crippen LogP contribution is -2.26. The third-order valence-corrected chi connectivity index (χ3v) is 4.19. The number of carbonyl (C=O) groups is 1. The molecule has 1 aromatic heterocycles. The number of benzene rings is 1. The van der Waals surface area contributed by atoms with Crippen LogP contribution in [0.2, 0.25) is 0 Å². The number of hydrogen-bond acceptors (Lipinski definition) is 3. The van der Waals surface area contributed by atoms with Crippen molar-refractivity contribution in [3.63, 3.8) is 0 Å². The SMILES string of the molecule is CCC1OCCC1Cn1c(=O)[nH]c2cccc(C(=O)O)c21. The molecule has 1 aliphatic rings. The molecule has 0 radical (unpaired) electrons. The number of H-pyrrole nitrogens is 1. The number of hydrogen-bond donors (Lipinski definition) is 2. The Hall–Kier alpha value is -2.08.